The van der Waals surface area contributed by atoms with Crippen molar-refractivity contribution in [3.63, 3.8) is 0 Å². The zero-order chi connectivity index (χ0) is 45.1. The number of nitrogens with one attached hydrogen (secondary N) is 3. The molecular formula is C43H46ClF3N6O9S. The Balaban J connectivity index is 1.16. The number of alkyl halides is 3. The van der Waals surface area contributed by atoms with E-state index in [0.29, 0.717) is 48.1 Å². The number of nitrogens with zero attached hydrogens (tertiary/aromatic N) is 3. The second-order valence-corrected chi connectivity index (χ2v) is 19.9. The Labute approximate surface area is 365 Å². The Morgan fingerprint density at radius 2 is 1.76 bits per heavy atom. The van der Waals surface area contributed by atoms with Crippen molar-refractivity contribution in [2.45, 2.75) is 119 Å². The highest BCUT2D eigenvalue weighted by atomic mass is 35.5. The van der Waals surface area contributed by atoms with Gasteiger partial charge < -0.3 is 29.4 Å². The van der Waals surface area contributed by atoms with Crippen molar-refractivity contribution in [1.82, 2.24) is 30.2 Å². The maximum Gasteiger partial charge on any atom is 0.416 e. The molecule has 2 saturated carbocycles. The first-order valence-corrected chi connectivity index (χ1v) is 22.7. The van der Waals surface area contributed by atoms with Gasteiger partial charge in [0.25, 0.3) is 11.8 Å². The lowest BCUT2D eigenvalue weighted by atomic mass is 10.0. The maximum absolute atomic E-state index is 14.7. The maximum atomic E-state index is 14.7. The number of alkyl carbamates (subject to hydrolysis) is 1. The molecule has 5 atom stereocenters. The second-order valence-electron chi connectivity index (χ2n) is 17.5. The van der Waals surface area contributed by atoms with Crippen LogP contribution in [0.4, 0.5) is 18.0 Å². The van der Waals surface area contributed by atoms with E-state index in [9.17, 15) is 40.8 Å². The molecule has 20 heteroatoms. The van der Waals surface area contributed by atoms with E-state index < -0.39 is 86.1 Å². The lowest BCUT2D eigenvalue weighted by Gasteiger charge is -2.30. The molecule has 1 saturated heterocycles. The number of benzene rings is 2. The van der Waals surface area contributed by atoms with Crippen LogP contribution in [0.25, 0.3) is 33.5 Å². The standard InChI is InChI=1S/C43H46ClF3N6O9S/c1-41(2,3)62-40(57)48-30-10-8-6-4-5-7-9-25-21-42(25,39(56)52-63(58,59)28-16-17-28)51-36(54)31-20-27(22-53(31)38(30)55)60-37-34-33(29-19-26(44)15-18-32(29)61-34)49-35(50-37)23-11-13-24(14-12-23)43(45,46)47/h7,9,11-15,18-19,25,27-28,30-31H,4-6,8,10,16-17,20-22H2,1-3H3,(H,48,57)(H,51,54)(H,52,56)/t25-,27-,30+,31+,42-/m1/s1. The van der Waals surface area contributed by atoms with Gasteiger partial charge in [0.2, 0.25) is 27.4 Å². The van der Waals surface area contributed by atoms with Crippen LogP contribution in [0.1, 0.15) is 84.1 Å². The molecule has 2 aromatic carbocycles. The van der Waals surface area contributed by atoms with Crippen molar-refractivity contribution in [3.05, 3.63) is 65.2 Å². The third-order valence-electron chi connectivity index (χ3n) is 11.5. The van der Waals surface area contributed by atoms with Crippen molar-refractivity contribution in [1.29, 1.82) is 0 Å². The molecule has 3 fully saturated rings. The molecule has 8 rings (SSSR count). The normalized spacial score (nSPS) is 24.8. The van der Waals surface area contributed by atoms with Gasteiger partial charge in [-0.2, -0.15) is 18.2 Å². The highest BCUT2D eigenvalue weighted by Gasteiger charge is 2.62. The van der Waals surface area contributed by atoms with E-state index >= 15 is 0 Å². The van der Waals surface area contributed by atoms with Crippen molar-refractivity contribution in [2.24, 2.45) is 5.92 Å². The van der Waals surface area contributed by atoms with Gasteiger partial charge in [-0.1, -0.05) is 48.7 Å². The summed E-state index contributed by atoms with van der Waals surface area (Å²) in [6.45, 7) is 4.81. The summed E-state index contributed by atoms with van der Waals surface area (Å²) in [6, 6.07) is 6.61. The summed E-state index contributed by atoms with van der Waals surface area (Å²) in [5.41, 5.74) is -2.52. The Morgan fingerprint density at radius 3 is 2.46 bits per heavy atom. The number of fused-ring (bicyclic) bond motifs is 5. The van der Waals surface area contributed by atoms with Gasteiger partial charge in [0, 0.05) is 28.3 Å². The minimum atomic E-state index is -4.59. The molecule has 0 bridgehead atoms. The molecule has 0 unspecified atom stereocenters. The topological polar surface area (TPSA) is 199 Å². The number of carbonyl (C=O) groups excluding carboxylic acids is 4. The average Bonchev–Trinajstić information content (AvgIpc) is 4.11. The van der Waals surface area contributed by atoms with Crippen LogP contribution in [0.15, 0.2) is 59.0 Å². The summed E-state index contributed by atoms with van der Waals surface area (Å²) in [5, 5.41) is 5.62. The third kappa shape index (κ3) is 9.59. The fourth-order valence-corrected chi connectivity index (χ4v) is 9.60. The molecule has 4 aliphatic rings. The van der Waals surface area contributed by atoms with Gasteiger partial charge in [0.1, 0.15) is 40.4 Å². The summed E-state index contributed by atoms with van der Waals surface area (Å²) in [4.78, 5) is 66.7. The van der Waals surface area contributed by atoms with E-state index in [-0.39, 0.29) is 54.2 Å². The Bertz CT molecular complexity index is 2610. The van der Waals surface area contributed by atoms with E-state index in [4.69, 9.17) is 25.5 Å². The van der Waals surface area contributed by atoms with Crippen LogP contribution in [0, 0.1) is 5.92 Å². The van der Waals surface area contributed by atoms with Crippen LogP contribution in [0.2, 0.25) is 5.02 Å². The van der Waals surface area contributed by atoms with E-state index in [1.165, 1.54) is 17.0 Å². The van der Waals surface area contributed by atoms with Crippen molar-refractivity contribution in [2.75, 3.05) is 6.54 Å². The van der Waals surface area contributed by atoms with E-state index in [2.05, 4.69) is 25.3 Å². The van der Waals surface area contributed by atoms with Crippen LogP contribution < -0.4 is 20.1 Å². The predicted octanol–water partition coefficient (Wildman–Crippen LogP) is 6.96. The third-order valence-corrected chi connectivity index (χ3v) is 13.6. The molecule has 3 N–H and O–H groups in total. The largest absolute Gasteiger partial charge is 0.470 e. The van der Waals surface area contributed by atoms with Crippen molar-refractivity contribution < 1.29 is 54.7 Å². The van der Waals surface area contributed by atoms with Gasteiger partial charge >= 0.3 is 12.3 Å². The summed E-state index contributed by atoms with van der Waals surface area (Å²) >= 11 is 6.34. The first-order valence-electron chi connectivity index (χ1n) is 20.8. The van der Waals surface area contributed by atoms with Gasteiger partial charge in [0.05, 0.1) is 17.4 Å². The van der Waals surface area contributed by atoms with Crippen LogP contribution in [-0.2, 0) is 35.3 Å². The van der Waals surface area contributed by atoms with Crippen molar-refractivity contribution in [3.8, 4) is 17.3 Å². The molecule has 4 heterocycles. The Morgan fingerprint density at radius 1 is 1.02 bits per heavy atom. The lowest BCUT2D eigenvalue weighted by molar-refractivity contribution is -0.141. The minimum absolute atomic E-state index is 0.0147. The molecule has 63 heavy (non-hydrogen) atoms. The molecule has 0 spiro atoms. The fourth-order valence-electron chi connectivity index (χ4n) is 8.06. The minimum Gasteiger partial charge on any atom is -0.470 e. The highest BCUT2D eigenvalue weighted by molar-refractivity contribution is 7.91. The van der Waals surface area contributed by atoms with Gasteiger partial charge in [-0.15, -0.1) is 0 Å². The number of amides is 4. The first-order chi connectivity index (χ1) is 29.7. The van der Waals surface area contributed by atoms with E-state index in [1.54, 1.807) is 45.0 Å². The molecule has 336 valence electrons. The molecular weight excluding hydrogens is 869 g/mol. The summed E-state index contributed by atoms with van der Waals surface area (Å²) in [7, 11) is -3.98. The zero-order valence-corrected chi connectivity index (χ0v) is 36.2. The van der Waals surface area contributed by atoms with Gasteiger partial charge in [-0.25, -0.2) is 18.2 Å². The lowest BCUT2D eigenvalue weighted by Crippen LogP contribution is -2.58. The molecule has 2 aromatic heterocycles. The number of rotatable bonds is 7. The van der Waals surface area contributed by atoms with Gasteiger partial charge in [0.15, 0.2) is 5.82 Å². The molecule has 2 aliphatic carbocycles. The molecule has 15 nitrogen and oxygen atoms in total. The molecule has 4 amide bonds. The Hall–Kier alpha value is -5.43. The van der Waals surface area contributed by atoms with Crippen LogP contribution >= 0.6 is 11.6 Å². The average molecular weight is 915 g/mol. The quantitative estimate of drug-likeness (QED) is 0.162. The monoisotopic (exact) mass is 914 g/mol. The number of sulfonamides is 1. The van der Waals surface area contributed by atoms with Crippen LogP contribution in [-0.4, -0.2) is 88.2 Å². The molecule has 4 aromatic rings. The summed E-state index contributed by atoms with van der Waals surface area (Å²) in [5.74, 6) is -2.94. The SMILES string of the molecule is CC(C)(C)OC(=O)N[C@H]1CCCCCC=C[C@@H]2C[C@@]2(C(=O)NS(=O)(=O)C2CC2)NC(=O)[C@@H]2C[C@@H](Oc3nc(-c4ccc(C(F)(F)F)cc4)nc4c3oc3ccc(Cl)cc34)CN2C1=O. The van der Waals surface area contributed by atoms with E-state index in [1.807, 2.05) is 6.08 Å². The number of aromatic nitrogens is 2. The second kappa shape index (κ2) is 16.6. The molecule has 0 radical (unpaired) electrons. The summed E-state index contributed by atoms with van der Waals surface area (Å²) in [6.07, 6.45) is 0.814. The fraction of sp³-hybridized carbons (Fsp3) is 0.488. The van der Waals surface area contributed by atoms with Gasteiger partial charge in [-0.05, 0) is 89.6 Å². The number of carbonyl (C=O) groups is 4. The van der Waals surface area contributed by atoms with Crippen molar-refractivity contribution >= 4 is 67.5 Å². The number of ether oxygens (including phenoxy) is 2. The first kappa shape index (κ1) is 44.2. The summed E-state index contributed by atoms with van der Waals surface area (Å²) < 4.78 is 86.6. The van der Waals surface area contributed by atoms with Crippen LogP contribution in [0.5, 0.6) is 5.88 Å². The number of furan rings is 1. The number of hydrogen-bond acceptors (Lipinski definition) is 11. The number of halogens is 4. The van der Waals surface area contributed by atoms with Crippen LogP contribution in [0.3, 0.4) is 0 Å². The number of hydrogen-bond donors (Lipinski definition) is 3. The predicted molar refractivity (Wildman–Crippen MR) is 224 cm³/mol. The Kier molecular flexibility index (Phi) is 11.6. The smallest absolute Gasteiger partial charge is 0.416 e. The van der Waals surface area contributed by atoms with E-state index in [0.717, 1.165) is 18.6 Å². The highest BCUT2D eigenvalue weighted by Crippen LogP contribution is 2.46. The zero-order valence-electron chi connectivity index (χ0n) is 34.6. The number of allylic oxidation sites excluding steroid dienone is 1. The van der Waals surface area contributed by atoms with Gasteiger partial charge in [-0.3, -0.25) is 19.1 Å². The molecule has 2 aliphatic heterocycles.